The summed E-state index contributed by atoms with van der Waals surface area (Å²) in [6.07, 6.45) is -8.60. The molecule has 0 aliphatic heterocycles. The monoisotopic (exact) mass is 403 g/mol. The molecule has 0 saturated carbocycles. The Morgan fingerprint density at radius 2 is 1.59 bits per heavy atom. The molecule has 27 heavy (non-hydrogen) atoms. The second kappa shape index (κ2) is 8.57. The molecule has 0 saturated heterocycles. The fourth-order valence-electron chi connectivity index (χ4n) is 1.92. The summed E-state index contributed by atoms with van der Waals surface area (Å²) in [6, 6.07) is 4.35. The van der Waals surface area contributed by atoms with Crippen molar-refractivity contribution in [3.63, 3.8) is 0 Å². The molecule has 152 valence electrons. The van der Waals surface area contributed by atoms with Crippen LogP contribution in [0.1, 0.15) is 30.1 Å². The van der Waals surface area contributed by atoms with Gasteiger partial charge in [0.25, 0.3) is 5.91 Å². The number of ether oxygens (including phenoxy) is 1. The first-order valence-corrected chi connectivity index (χ1v) is 7.68. The van der Waals surface area contributed by atoms with Gasteiger partial charge in [0.2, 0.25) is 0 Å². The zero-order valence-electron chi connectivity index (χ0n) is 14.0. The Kier molecular flexibility index (Phi) is 7.21. The van der Waals surface area contributed by atoms with Crippen molar-refractivity contribution in [2.24, 2.45) is 0 Å². The molecule has 0 heterocycles. The van der Waals surface area contributed by atoms with Gasteiger partial charge in [0.1, 0.15) is 6.04 Å². The lowest BCUT2D eigenvalue weighted by Gasteiger charge is -2.30. The van der Waals surface area contributed by atoms with Gasteiger partial charge in [-0.05, 0) is 18.6 Å². The Hall–Kier alpha value is -2.33. The highest BCUT2D eigenvalue weighted by Gasteiger charge is 2.73. The lowest BCUT2D eigenvalue weighted by Crippen LogP contribution is -2.56. The SMILES string of the molecule is CCCOC(=O)C(CC(F)(F)C(F)(F)C(F)(F)F)NC(=O)c1ccccc1. The van der Waals surface area contributed by atoms with Gasteiger partial charge < -0.3 is 10.1 Å². The second-order valence-corrected chi connectivity index (χ2v) is 5.54. The molecule has 1 rings (SSSR count). The third kappa shape index (κ3) is 5.57. The van der Waals surface area contributed by atoms with Crippen LogP contribution in [0.4, 0.5) is 30.7 Å². The molecule has 11 heteroatoms. The molecule has 1 unspecified atom stereocenters. The normalized spacial score (nSPS) is 13.8. The molecule has 1 amide bonds. The van der Waals surface area contributed by atoms with Gasteiger partial charge in [-0.2, -0.15) is 30.7 Å². The highest BCUT2D eigenvalue weighted by molar-refractivity contribution is 5.96. The van der Waals surface area contributed by atoms with E-state index in [1.165, 1.54) is 37.3 Å². The van der Waals surface area contributed by atoms with Crippen molar-refractivity contribution in [1.29, 1.82) is 0 Å². The Bertz CT molecular complexity index is 647. The molecule has 4 nitrogen and oxygen atoms in total. The maximum Gasteiger partial charge on any atom is 0.459 e. The van der Waals surface area contributed by atoms with Crippen LogP contribution >= 0.6 is 0 Å². The Morgan fingerprint density at radius 1 is 1.04 bits per heavy atom. The number of hydrogen-bond acceptors (Lipinski definition) is 3. The molecule has 0 aliphatic rings. The largest absolute Gasteiger partial charge is 0.464 e. The van der Waals surface area contributed by atoms with E-state index in [1.807, 2.05) is 0 Å². The molecule has 1 atom stereocenters. The van der Waals surface area contributed by atoms with Crippen LogP contribution in [0, 0.1) is 0 Å². The summed E-state index contributed by atoms with van der Waals surface area (Å²) in [5.74, 6) is -14.7. The fourth-order valence-corrected chi connectivity index (χ4v) is 1.92. The van der Waals surface area contributed by atoms with Crippen LogP contribution in [0.5, 0.6) is 0 Å². The van der Waals surface area contributed by atoms with E-state index in [0.29, 0.717) is 0 Å². The first-order valence-electron chi connectivity index (χ1n) is 7.68. The number of esters is 1. The predicted octanol–water partition coefficient (Wildman–Crippen LogP) is 3.96. The summed E-state index contributed by atoms with van der Waals surface area (Å²) >= 11 is 0. The first kappa shape index (κ1) is 22.7. The van der Waals surface area contributed by atoms with Gasteiger partial charge >= 0.3 is 24.0 Å². The molecule has 0 radical (unpaired) electrons. The minimum Gasteiger partial charge on any atom is -0.464 e. The number of amides is 1. The number of nitrogens with one attached hydrogen (secondary N) is 1. The maximum absolute atomic E-state index is 13.7. The van der Waals surface area contributed by atoms with Crippen molar-refractivity contribution in [3.05, 3.63) is 35.9 Å². The van der Waals surface area contributed by atoms with Crippen LogP contribution in [-0.2, 0) is 9.53 Å². The molecule has 1 aromatic rings. The van der Waals surface area contributed by atoms with Crippen molar-refractivity contribution in [1.82, 2.24) is 5.32 Å². The molecule has 1 aromatic carbocycles. The summed E-state index contributed by atoms with van der Waals surface area (Å²) < 4.78 is 94.9. The van der Waals surface area contributed by atoms with E-state index in [-0.39, 0.29) is 18.6 Å². The number of alkyl halides is 7. The van der Waals surface area contributed by atoms with Crippen LogP contribution in [0.25, 0.3) is 0 Å². The lowest BCUT2D eigenvalue weighted by atomic mass is 10.0. The van der Waals surface area contributed by atoms with E-state index in [9.17, 15) is 40.3 Å². The summed E-state index contributed by atoms with van der Waals surface area (Å²) in [5.41, 5.74) is -0.114. The molecular weight excluding hydrogens is 387 g/mol. The highest BCUT2D eigenvalue weighted by Crippen LogP contribution is 2.48. The van der Waals surface area contributed by atoms with Crippen molar-refractivity contribution in [2.75, 3.05) is 6.61 Å². The number of carbonyl (C=O) groups is 2. The molecule has 0 fully saturated rings. The lowest BCUT2D eigenvalue weighted by molar-refractivity contribution is -0.356. The van der Waals surface area contributed by atoms with Crippen LogP contribution in [0.3, 0.4) is 0 Å². The van der Waals surface area contributed by atoms with Gasteiger partial charge in [0, 0.05) is 12.0 Å². The van der Waals surface area contributed by atoms with E-state index in [2.05, 4.69) is 4.74 Å². The average Bonchev–Trinajstić information content (AvgIpc) is 2.58. The Balaban J connectivity index is 3.08. The summed E-state index contributed by atoms with van der Waals surface area (Å²) in [6.45, 7) is 1.25. The van der Waals surface area contributed by atoms with Crippen molar-refractivity contribution in [3.8, 4) is 0 Å². The second-order valence-electron chi connectivity index (χ2n) is 5.54. The predicted molar refractivity (Wildman–Crippen MR) is 79.5 cm³/mol. The minimum absolute atomic E-state index is 0.114. The molecule has 0 bridgehead atoms. The molecular formula is C16H16F7NO3. The third-order valence-electron chi connectivity index (χ3n) is 3.35. The van der Waals surface area contributed by atoms with Gasteiger partial charge in [0.05, 0.1) is 6.61 Å². The van der Waals surface area contributed by atoms with E-state index in [4.69, 9.17) is 0 Å². The zero-order valence-corrected chi connectivity index (χ0v) is 14.0. The smallest absolute Gasteiger partial charge is 0.459 e. The minimum atomic E-state index is -6.54. The number of halogens is 7. The molecule has 1 N–H and O–H groups in total. The number of rotatable bonds is 8. The van der Waals surface area contributed by atoms with Crippen LogP contribution in [0.2, 0.25) is 0 Å². The quantitative estimate of drug-likeness (QED) is 0.528. The maximum atomic E-state index is 13.7. The molecule has 0 aromatic heterocycles. The van der Waals surface area contributed by atoms with Gasteiger partial charge in [-0.1, -0.05) is 25.1 Å². The van der Waals surface area contributed by atoms with Gasteiger partial charge in [-0.3, -0.25) is 4.79 Å². The van der Waals surface area contributed by atoms with Crippen LogP contribution in [0.15, 0.2) is 30.3 Å². The van der Waals surface area contributed by atoms with Gasteiger partial charge in [-0.25, -0.2) is 4.79 Å². The van der Waals surface area contributed by atoms with Crippen molar-refractivity contribution < 1.29 is 45.1 Å². The standard InChI is InChI=1S/C16H16F7NO3/c1-2-8-27-13(26)11(24-12(25)10-6-4-3-5-7-10)9-14(17,18)15(19,20)16(21,22)23/h3-7,11H,2,8-9H2,1H3,(H,24,25). The average molecular weight is 403 g/mol. The summed E-state index contributed by atoms with van der Waals surface area (Å²) in [5, 5.41) is 1.73. The Labute approximate surface area is 149 Å². The Morgan fingerprint density at radius 3 is 2.07 bits per heavy atom. The van der Waals surface area contributed by atoms with E-state index >= 15 is 0 Å². The number of hydrogen-bond donors (Lipinski definition) is 1. The summed E-state index contributed by atoms with van der Waals surface area (Å²) in [4.78, 5) is 23.8. The van der Waals surface area contributed by atoms with Crippen LogP contribution in [-0.4, -0.2) is 42.5 Å². The van der Waals surface area contributed by atoms with E-state index < -0.39 is 42.4 Å². The summed E-state index contributed by atoms with van der Waals surface area (Å²) in [7, 11) is 0. The topological polar surface area (TPSA) is 55.4 Å². The zero-order chi connectivity index (χ0) is 20.9. The molecule has 0 spiro atoms. The third-order valence-corrected chi connectivity index (χ3v) is 3.35. The van der Waals surface area contributed by atoms with E-state index in [1.54, 1.807) is 5.32 Å². The first-order chi connectivity index (χ1) is 12.3. The fraction of sp³-hybridized carbons (Fsp3) is 0.500. The molecule has 0 aliphatic carbocycles. The van der Waals surface area contributed by atoms with Crippen LogP contribution < -0.4 is 5.32 Å². The highest BCUT2D eigenvalue weighted by atomic mass is 19.4. The van der Waals surface area contributed by atoms with Crippen molar-refractivity contribution >= 4 is 11.9 Å². The van der Waals surface area contributed by atoms with Gasteiger partial charge in [0.15, 0.2) is 0 Å². The van der Waals surface area contributed by atoms with Gasteiger partial charge in [-0.15, -0.1) is 0 Å². The number of carbonyl (C=O) groups excluding carboxylic acids is 2. The van der Waals surface area contributed by atoms with Crippen molar-refractivity contribution in [2.45, 2.75) is 43.8 Å². The number of benzene rings is 1. The van der Waals surface area contributed by atoms with E-state index in [0.717, 1.165) is 0 Å².